The number of amides is 1. The summed E-state index contributed by atoms with van der Waals surface area (Å²) in [5, 5.41) is 4.80. The Morgan fingerprint density at radius 2 is 2.28 bits per heavy atom. The Bertz CT molecular complexity index is 869. The monoisotopic (exact) mass is 357 g/mol. The van der Waals surface area contributed by atoms with Gasteiger partial charge in [-0.15, -0.1) is 11.3 Å². The predicted octanol–water partition coefficient (Wildman–Crippen LogP) is 3.13. The Labute approximate surface area is 149 Å². The molecule has 2 heterocycles. The summed E-state index contributed by atoms with van der Waals surface area (Å²) in [6, 6.07) is 5.54. The van der Waals surface area contributed by atoms with Crippen LogP contribution in [0.3, 0.4) is 0 Å². The number of fused-ring (bicyclic) bond motifs is 1. The molecule has 25 heavy (non-hydrogen) atoms. The smallest absolute Gasteiger partial charge is 0.244 e. The second-order valence-corrected chi connectivity index (χ2v) is 6.09. The number of thiazole rings is 1. The van der Waals surface area contributed by atoms with Gasteiger partial charge >= 0.3 is 0 Å². The van der Waals surface area contributed by atoms with Crippen molar-refractivity contribution in [1.29, 1.82) is 0 Å². The minimum atomic E-state index is -0.177. The normalized spacial score (nSPS) is 11.1. The molecule has 0 aliphatic rings. The number of carbonyl (C=O) groups is 1. The van der Waals surface area contributed by atoms with E-state index in [4.69, 9.17) is 9.47 Å². The molecule has 0 saturated heterocycles. The number of rotatable bonds is 7. The van der Waals surface area contributed by atoms with Gasteiger partial charge in [-0.05, 0) is 30.7 Å². The number of benzene rings is 1. The summed E-state index contributed by atoms with van der Waals surface area (Å²) in [6.45, 7) is 2.88. The molecule has 1 amide bonds. The van der Waals surface area contributed by atoms with Crippen LogP contribution in [0.25, 0.3) is 11.0 Å². The number of ether oxygens (including phenoxy) is 2. The van der Waals surface area contributed by atoms with Crippen LogP contribution in [0.5, 0.6) is 11.5 Å². The zero-order valence-corrected chi connectivity index (χ0v) is 14.9. The van der Waals surface area contributed by atoms with Crippen LogP contribution in [0.4, 0.5) is 0 Å². The molecule has 0 fully saturated rings. The summed E-state index contributed by atoms with van der Waals surface area (Å²) in [5.41, 5.74) is 1.69. The van der Waals surface area contributed by atoms with E-state index in [2.05, 4.69) is 10.3 Å². The molecule has 0 aliphatic carbocycles. The molecular formula is C18H19N3O3S. The Morgan fingerprint density at radius 1 is 1.40 bits per heavy atom. The highest BCUT2D eigenvalue weighted by atomic mass is 32.1. The molecule has 0 atom stereocenters. The quantitative estimate of drug-likeness (QED) is 0.660. The Balaban J connectivity index is 1.59. The maximum absolute atomic E-state index is 12.0. The van der Waals surface area contributed by atoms with Crippen LogP contribution in [0.15, 0.2) is 42.0 Å². The van der Waals surface area contributed by atoms with E-state index in [1.165, 1.54) is 6.08 Å². The number of carbonyl (C=O) groups excluding carboxylic acids is 1. The van der Waals surface area contributed by atoms with Crippen molar-refractivity contribution in [2.24, 2.45) is 0 Å². The van der Waals surface area contributed by atoms with Crippen LogP contribution in [-0.4, -0.2) is 29.0 Å². The molecule has 0 saturated carbocycles. The third kappa shape index (κ3) is 4.19. The predicted molar refractivity (Wildman–Crippen MR) is 98.1 cm³/mol. The average molecular weight is 357 g/mol. The van der Waals surface area contributed by atoms with Gasteiger partial charge in [0.1, 0.15) is 0 Å². The fourth-order valence-electron chi connectivity index (χ4n) is 2.33. The van der Waals surface area contributed by atoms with Crippen LogP contribution in [0, 0.1) is 0 Å². The summed E-state index contributed by atoms with van der Waals surface area (Å²) < 4.78 is 12.7. The number of hydrogen-bond acceptors (Lipinski definition) is 5. The van der Waals surface area contributed by atoms with Gasteiger partial charge in [-0.1, -0.05) is 6.07 Å². The third-order valence-electron chi connectivity index (χ3n) is 3.50. The highest BCUT2D eigenvalue weighted by molar-refractivity contribution is 7.15. The van der Waals surface area contributed by atoms with E-state index in [0.29, 0.717) is 24.7 Å². The van der Waals surface area contributed by atoms with E-state index in [1.807, 2.05) is 47.3 Å². The highest BCUT2D eigenvalue weighted by Gasteiger charge is 2.05. The lowest BCUT2D eigenvalue weighted by Gasteiger charge is -2.09. The Morgan fingerprint density at radius 3 is 3.04 bits per heavy atom. The van der Waals surface area contributed by atoms with E-state index in [9.17, 15) is 4.79 Å². The molecule has 0 spiro atoms. The van der Waals surface area contributed by atoms with Crippen molar-refractivity contribution in [3.05, 3.63) is 53.3 Å². The second-order valence-electron chi connectivity index (χ2n) is 5.22. The second kappa shape index (κ2) is 7.85. The van der Waals surface area contributed by atoms with Gasteiger partial charge in [-0.2, -0.15) is 0 Å². The molecule has 0 bridgehead atoms. The van der Waals surface area contributed by atoms with Crippen LogP contribution in [0.2, 0.25) is 0 Å². The molecule has 0 aliphatic heterocycles. The molecule has 3 aromatic rings. The van der Waals surface area contributed by atoms with E-state index in [1.54, 1.807) is 24.5 Å². The van der Waals surface area contributed by atoms with E-state index < -0.39 is 0 Å². The molecule has 0 radical (unpaired) electrons. The van der Waals surface area contributed by atoms with Gasteiger partial charge in [0.2, 0.25) is 5.91 Å². The summed E-state index contributed by atoms with van der Waals surface area (Å²) in [4.78, 5) is 17.3. The topological polar surface area (TPSA) is 64.9 Å². The minimum absolute atomic E-state index is 0.177. The SMILES string of the molecule is CCOc1ccc(/C=C/C(=O)NCc2cn3ccsc3n2)cc1OC. The number of methoxy groups -OCH3 is 1. The first-order valence-corrected chi connectivity index (χ1v) is 8.75. The molecule has 0 unspecified atom stereocenters. The first-order chi connectivity index (χ1) is 12.2. The summed E-state index contributed by atoms with van der Waals surface area (Å²) in [5.74, 6) is 1.15. The molecular weight excluding hydrogens is 338 g/mol. The molecule has 1 N–H and O–H groups in total. The molecule has 1 aromatic carbocycles. The average Bonchev–Trinajstić information content (AvgIpc) is 3.20. The number of imidazole rings is 1. The van der Waals surface area contributed by atoms with Crippen LogP contribution >= 0.6 is 11.3 Å². The fourth-order valence-corrected chi connectivity index (χ4v) is 3.05. The Kier molecular flexibility index (Phi) is 5.35. The van der Waals surface area contributed by atoms with E-state index >= 15 is 0 Å². The van der Waals surface area contributed by atoms with Crippen molar-refractivity contribution in [3.63, 3.8) is 0 Å². The van der Waals surface area contributed by atoms with Crippen molar-refractivity contribution in [2.45, 2.75) is 13.5 Å². The van der Waals surface area contributed by atoms with Crippen molar-refractivity contribution in [3.8, 4) is 11.5 Å². The number of nitrogens with one attached hydrogen (secondary N) is 1. The van der Waals surface area contributed by atoms with Gasteiger partial charge < -0.3 is 14.8 Å². The summed E-state index contributed by atoms with van der Waals surface area (Å²) >= 11 is 1.56. The van der Waals surface area contributed by atoms with Crippen LogP contribution in [-0.2, 0) is 11.3 Å². The van der Waals surface area contributed by atoms with Gasteiger partial charge in [0.25, 0.3) is 0 Å². The minimum Gasteiger partial charge on any atom is -0.493 e. The van der Waals surface area contributed by atoms with Gasteiger partial charge in [0.05, 0.1) is 26.0 Å². The summed E-state index contributed by atoms with van der Waals surface area (Å²) in [6.07, 6.45) is 7.08. The zero-order valence-electron chi connectivity index (χ0n) is 14.1. The molecule has 3 rings (SSSR count). The molecule has 6 nitrogen and oxygen atoms in total. The van der Waals surface area contributed by atoms with Crippen molar-refractivity contribution in [1.82, 2.24) is 14.7 Å². The number of hydrogen-bond donors (Lipinski definition) is 1. The van der Waals surface area contributed by atoms with Crippen LogP contribution < -0.4 is 14.8 Å². The lowest BCUT2D eigenvalue weighted by atomic mass is 10.2. The van der Waals surface area contributed by atoms with Crippen molar-refractivity contribution in [2.75, 3.05) is 13.7 Å². The molecule has 7 heteroatoms. The Hall–Kier alpha value is -2.80. The highest BCUT2D eigenvalue weighted by Crippen LogP contribution is 2.28. The standard InChI is InChI=1S/C18H19N3O3S/c1-3-24-15-6-4-13(10-16(15)23-2)5-7-17(22)19-11-14-12-21-8-9-25-18(21)20-14/h4-10,12H,3,11H2,1-2H3,(H,19,22)/b7-5+. The molecule has 2 aromatic heterocycles. The van der Waals surface area contributed by atoms with Crippen molar-refractivity contribution >= 4 is 28.3 Å². The van der Waals surface area contributed by atoms with E-state index in [0.717, 1.165) is 16.2 Å². The molecule has 130 valence electrons. The largest absolute Gasteiger partial charge is 0.493 e. The van der Waals surface area contributed by atoms with Crippen molar-refractivity contribution < 1.29 is 14.3 Å². The maximum atomic E-state index is 12.0. The van der Waals surface area contributed by atoms with E-state index in [-0.39, 0.29) is 5.91 Å². The third-order valence-corrected chi connectivity index (χ3v) is 4.27. The number of nitrogens with zero attached hydrogens (tertiary/aromatic N) is 2. The number of aromatic nitrogens is 2. The van der Waals surface area contributed by atoms with Gasteiger partial charge in [0.15, 0.2) is 16.5 Å². The lowest BCUT2D eigenvalue weighted by molar-refractivity contribution is -0.116. The fraction of sp³-hybridized carbons (Fsp3) is 0.222. The first-order valence-electron chi connectivity index (χ1n) is 7.87. The zero-order chi connectivity index (χ0) is 17.6. The maximum Gasteiger partial charge on any atom is 0.244 e. The van der Waals surface area contributed by atoms with Gasteiger partial charge in [0, 0.05) is 23.8 Å². The van der Waals surface area contributed by atoms with Gasteiger partial charge in [-0.25, -0.2) is 4.98 Å². The first kappa shape index (κ1) is 17.0. The summed E-state index contributed by atoms with van der Waals surface area (Å²) in [7, 11) is 1.59. The lowest BCUT2D eigenvalue weighted by Crippen LogP contribution is -2.20. The van der Waals surface area contributed by atoms with Crippen LogP contribution in [0.1, 0.15) is 18.2 Å². The van der Waals surface area contributed by atoms with Gasteiger partial charge in [-0.3, -0.25) is 9.20 Å².